The van der Waals surface area contributed by atoms with Crippen molar-refractivity contribution in [2.24, 2.45) is 11.8 Å². The Labute approximate surface area is 157 Å². The third-order valence-electron chi connectivity index (χ3n) is 6.43. The number of fused-ring (bicyclic) bond motifs is 1. The molecule has 2 aliphatic carbocycles. The monoisotopic (exact) mass is 343 g/mol. The van der Waals surface area contributed by atoms with Crippen molar-refractivity contribution in [2.45, 2.75) is 52.9 Å². The fraction of sp³-hybridized carbons (Fsp3) is 0.400. The van der Waals surface area contributed by atoms with Crippen molar-refractivity contribution < 1.29 is 0 Å². The van der Waals surface area contributed by atoms with Crippen molar-refractivity contribution in [3.05, 3.63) is 64.7 Å². The fourth-order valence-corrected chi connectivity index (χ4v) is 4.88. The molecule has 0 radical (unpaired) electrons. The van der Waals surface area contributed by atoms with E-state index in [0.29, 0.717) is 11.8 Å². The van der Waals surface area contributed by atoms with Crippen molar-refractivity contribution in [3.63, 3.8) is 0 Å². The number of hydrogen-bond acceptors (Lipinski definition) is 1. The molecule has 1 fully saturated rings. The van der Waals surface area contributed by atoms with Crippen LogP contribution in [0.2, 0.25) is 0 Å². The summed E-state index contributed by atoms with van der Waals surface area (Å²) >= 11 is 0. The van der Waals surface area contributed by atoms with Gasteiger partial charge in [-0.1, -0.05) is 62.1 Å². The van der Waals surface area contributed by atoms with E-state index in [1.54, 1.807) is 0 Å². The second-order valence-corrected chi connectivity index (χ2v) is 8.17. The highest BCUT2D eigenvalue weighted by Gasteiger charge is 2.26. The van der Waals surface area contributed by atoms with Crippen molar-refractivity contribution >= 4 is 22.1 Å². The van der Waals surface area contributed by atoms with E-state index in [9.17, 15) is 0 Å². The summed E-state index contributed by atoms with van der Waals surface area (Å²) in [6.45, 7) is 6.75. The van der Waals surface area contributed by atoms with Gasteiger partial charge in [-0.05, 0) is 66.3 Å². The Morgan fingerprint density at radius 1 is 0.962 bits per heavy atom. The minimum absolute atomic E-state index is 0.425. The zero-order valence-electron chi connectivity index (χ0n) is 16.2. The number of benzene rings is 2. The average Bonchev–Trinajstić information content (AvgIpc) is 2.92. The molecule has 0 saturated heterocycles. The zero-order valence-corrected chi connectivity index (χ0v) is 16.2. The van der Waals surface area contributed by atoms with Crippen LogP contribution in [0.15, 0.2) is 53.6 Å². The van der Waals surface area contributed by atoms with E-state index in [1.807, 2.05) is 0 Å². The van der Waals surface area contributed by atoms with Gasteiger partial charge in [-0.3, -0.25) is 0 Å². The van der Waals surface area contributed by atoms with Crippen LogP contribution < -0.4 is 0 Å². The zero-order chi connectivity index (χ0) is 18.3. The normalized spacial score (nSPS) is 21.3. The predicted octanol–water partition coefficient (Wildman–Crippen LogP) is 7.16. The van der Waals surface area contributed by atoms with Crippen LogP contribution in [0.25, 0.3) is 16.3 Å². The van der Waals surface area contributed by atoms with Gasteiger partial charge in [-0.15, -0.1) is 0 Å². The van der Waals surface area contributed by atoms with Gasteiger partial charge in [0, 0.05) is 23.1 Å². The number of allylic oxidation sites excluding steroid dienone is 4. The molecular formula is C25H29N. The summed E-state index contributed by atoms with van der Waals surface area (Å²) < 4.78 is 0. The SMILES string of the molecule is CC1=CC(C)C(c2cc3ccccc3cc2C(=N)C2CCCCC2)=C1C. The molecule has 0 bridgehead atoms. The Hall–Kier alpha value is -2.15. The molecule has 0 amide bonds. The van der Waals surface area contributed by atoms with E-state index in [1.165, 1.54) is 70.7 Å². The van der Waals surface area contributed by atoms with Crippen molar-refractivity contribution in [1.29, 1.82) is 5.41 Å². The van der Waals surface area contributed by atoms with Crippen LogP contribution in [-0.2, 0) is 0 Å². The molecule has 1 saturated carbocycles. The molecule has 2 aliphatic rings. The van der Waals surface area contributed by atoms with E-state index in [4.69, 9.17) is 5.41 Å². The maximum Gasteiger partial charge on any atom is 0.0423 e. The van der Waals surface area contributed by atoms with E-state index in [0.717, 1.165) is 5.71 Å². The van der Waals surface area contributed by atoms with Crippen LogP contribution >= 0.6 is 0 Å². The molecule has 134 valence electrons. The standard InChI is InChI=1S/C25H29N/c1-16-13-17(2)24(18(16)3)22-14-20-11-7-8-12-21(20)15-23(22)25(26)19-9-5-4-6-10-19/h7-8,11-15,17,19,26H,4-6,9-10H2,1-3H3. The van der Waals surface area contributed by atoms with Gasteiger partial charge >= 0.3 is 0 Å². The first-order valence-corrected chi connectivity index (χ1v) is 10.1. The number of nitrogens with one attached hydrogen (secondary N) is 1. The Morgan fingerprint density at radius 3 is 2.23 bits per heavy atom. The smallest absolute Gasteiger partial charge is 0.0423 e. The van der Waals surface area contributed by atoms with Crippen molar-refractivity contribution in [1.82, 2.24) is 0 Å². The molecule has 0 aliphatic heterocycles. The second-order valence-electron chi connectivity index (χ2n) is 8.17. The lowest BCUT2D eigenvalue weighted by Crippen LogP contribution is -2.19. The molecule has 2 aromatic rings. The van der Waals surface area contributed by atoms with E-state index >= 15 is 0 Å². The Kier molecular flexibility index (Phi) is 4.56. The van der Waals surface area contributed by atoms with Gasteiger partial charge in [0.15, 0.2) is 0 Å². The van der Waals surface area contributed by atoms with Gasteiger partial charge in [0.1, 0.15) is 0 Å². The molecule has 1 N–H and O–H groups in total. The largest absolute Gasteiger partial charge is 0.304 e. The topological polar surface area (TPSA) is 23.9 Å². The van der Waals surface area contributed by atoms with Crippen LogP contribution in [0.1, 0.15) is 64.0 Å². The lowest BCUT2D eigenvalue weighted by atomic mass is 9.79. The maximum atomic E-state index is 9.05. The third kappa shape index (κ3) is 2.94. The summed E-state index contributed by atoms with van der Waals surface area (Å²) in [7, 11) is 0. The molecule has 1 nitrogen and oxygen atoms in total. The molecule has 4 rings (SSSR count). The molecule has 0 spiro atoms. The van der Waals surface area contributed by atoms with Crippen LogP contribution in [-0.4, -0.2) is 5.71 Å². The number of hydrogen-bond donors (Lipinski definition) is 1. The van der Waals surface area contributed by atoms with Gasteiger partial charge in [-0.2, -0.15) is 0 Å². The summed E-state index contributed by atoms with van der Waals surface area (Å²) in [5.41, 5.74) is 7.52. The quantitative estimate of drug-likeness (QED) is 0.572. The Balaban J connectivity index is 1.89. The lowest BCUT2D eigenvalue weighted by molar-refractivity contribution is 0.438. The lowest BCUT2D eigenvalue weighted by Gasteiger charge is -2.25. The van der Waals surface area contributed by atoms with Crippen LogP contribution in [0, 0.1) is 17.2 Å². The Bertz CT molecular complexity index is 922. The summed E-state index contributed by atoms with van der Waals surface area (Å²) in [6.07, 6.45) is 8.60. The van der Waals surface area contributed by atoms with Gasteiger partial charge < -0.3 is 5.41 Å². The average molecular weight is 344 g/mol. The Morgan fingerprint density at radius 2 is 1.62 bits per heavy atom. The van der Waals surface area contributed by atoms with Crippen LogP contribution in [0.3, 0.4) is 0 Å². The van der Waals surface area contributed by atoms with E-state index in [2.05, 4.69) is 63.2 Å². The molecule has 0 heterocycles. The van der Waals surface area contributed by atoms with Gasteiger partial charge in [0.25, 0.3) is 0 Å². The third-order valence-corrected chi connectivity index (χ3v) is 6.43. The minimum Gasteiger partial charge on any atom is -0.304 e. The number of rotatable bonds is 3. The summed E-state index contributed by atoms with van der Waals surface area (Å²) in [5, 5.41) is 11.6. The molecular weight excluding hydrogens is 314 g/mol. The molecule has 26 heavy (non-hydrogen) atoms. The first-order chi connectivity index (χ1) is 12.6. The predicted molar refractivity (Wildman–Crippen MR) is 113 cm³/mol. The van der Waals surface area contributed by atoms with Crippen LogP contribution in [0.4, 0.5) is 0 Å². The molecule has 1 heteroatoms. The highest BCUT2D eigenvalue weighted by atomic mass is 14.5. The maximum absolute atomic E-state index is 9.05. The summed E-state index contributed by atoms with van der Waals surface area (Å²) in [6, 6.07) is 13.2. The molecule has 1 unspecified atom stereocenters. The highest BCUT2D eigenvalue weighted by molar-refractivity contribution is 6.08. The minimum atomic E-state index is 0.425. The van der Waals surface area contributed by atoms with E-state index < -0.39 is 0 Å². The first-order valence-electron chi connectivity index (χ1n) is 10.1. The summed E-state index contributed by atoms with van der Waals surface area (Å²) in [4.78, 5) is 0. The fourth-order valence-electron chi connectivity index (χ4n) is 4.88. The highest BCUT2D eigenvalue weighted by Crippen LogP contribution is 2.41. The molecule has 2 aromatic carbocycles. The van der Waals surface area contributed by atoms with Crippen molar-refractivity contribution in [2.75, 3.05) is 0 Å². The van der Waals surface area contributed by atoms with E-state index in [-0.39, 0.29) is 0 Å². The second kappa shape index (κ2) is 6.87. The van der Waals surface area contributed by atoms with Crippen LogP contribution in [0.5, 0.6) is 0 Å². The molecule has 1 atom stereocenters. The van der Waals surface area contributed by atoms with Gasteiger partial charge in [0.2, 0.25) is 0 Å². The molecule has 0 aromatic heterocycles. The van der Waals surface area contributed by atoms with Gasteiger partial charge in [0.05, 0.1) is 0 Å². The first kappa shape index (κ1) is 17.3. The van der Waals surface area contributed by atoms with Gasteiger partial charge in [-0.25, -0.2) is 0 Å². The van der Waals surface area contributed by atoms with Crippen molar-refractivity contribution in [3.8, 4) is 0 Å². The summed E-state index contributed by atoms with van der Waals surface area (Å²) in [5.74, 6) is 0.851.